The lowest BCUT2D eigenvalue weighted by molar-refractivity contribution is 0.112. The number of rotatable bonds is 3. The second kappa shape index (κ2) is 4.79. The van der Waals surface area contributed by atoms with Gasteiger partial charge >= 0.3 is 0 Å². The Balaban J connectivity index is 1.92. The molecule has 1 aliphatic carbocycles. The molecule has 0 saturated heterocycles. The first-order valence-corrected chi connectivity index (χ1v) is 6.36. The first-order chi connectivity index (χ1) is 7.28. The summed E-state index contributed by atoms with van der Waals surface area (Å²) < 4.78 is 5.86. The van der Waals surface area contributed by atoms with Crippen LogP contribution in [0.15, 0.2) is 11.4 Å². The lowest BCUT2D eigenvalue weighted by atomic mass is 9.89. The smallest absolute Gasteiger partial charge is 0.160 e. The molecule has 1 fully saturated rings. The monoisotopic (exact) mass is 224 g/mol. The van der Waals surface area contributed by atoms with Gasteiger partial charge in [-0.1, -0.05) is 13.3 Å². The lowest BCUT2D eigenvalue weighted by Crippen LogP contribution is -2.23. The second-order valence-corrected chi connectivity index (χ2v) is 5.26. The molecule has 0 radical (unpaired) electrons. The van der Waals surface area contributed by atoms with Crippen LogP contribution in [-0.4, -0.2) is 12.4 Å². The van der Waals surface area contributed by atoms with Crippen molar-refractivity contribution in [1.82, 2.24) is 0 Å². The lowest BCUT2D eigenvalue weighted by Gasteiger charge is -2.26. The molecular weight excluding hydrogens is 208 g/mol. The summed E-state index contributed by atoms with van der Waals surface area (Å²) in [4.78, 5) is 11.3. The third-order valence-corrected chi connectivity index (χ3v) is 3.74. The van der Waals surface area contributed by atoms with E-state index in [2.05, 4.69) is 6.92 Å². The Morgan fingerprint density at radius 2 is 2.40 bits per heavy atom. The molecule has 0 N–H and O–H groups in total. The predicted molar refractivity (Wildman–Crippen MR) is 61.8 cm³/mol. The van der Waals surface area contributed by atoms with Crippen LogP contribution in [0, 0.1) is 5.92 Å². The molecule has 1 aliphatic rings. The van der Waals surface area contributed by atoms with Gasteiger partial charge in [0.1, 0.15) is 5.75 Å². The summed E-state index contributed by atoms with van der Waals surface area (Å²) in [5.41, 5.74) is 0. The third-order valence-electron chi connectivity index (χ3n) is 2.90. The van der Waals surface area contributed by atoms with Crippen LogP contribution in [-0.2, 0) is 0 Å². The van der Waals surface area contributed by atoms with Gasteiger partial charge in [-0.05, 0) is 25.2 Å². The maximum absolute atomic E-state index is 10.5. The fourth-order valence-electron chi connectivity index (χ4n) is 2.14. The van der Waals surface area contributed by atoms with Crippen molar-refractivity contribution in [3.05, 3.63) is 16.3 Å². The summed E-state index contributed by atoms with van der Waals surface area (Å²) in [6.07, 6.45) is 6.10. The Morgan fingerprint density at radius 3 is 3.07 bits per heavy atom. The molecule has 0 bridgehead atoms. The van der Waals surface area contributed by atoms with Gasteiger partial charge in [0.15, 0.2) is 6.29 Å². The molecule has 0 spiro atoms. The molecule has 0 amide bonds. The maximum atomic E-state index is 10.5. The Morgan fingerprint density at radius 1 is 1.53 bits per heavy atom. The number of aldehydes is 1. The Kier molecular flexibility index (Phi) is 3.41. The van der Waals surface area contributed by atoms with Gasteiger partial charge in [-0.3, -0.25) is 4.79 Å². The van der Waals surface area contributed by atoms with Gasteiger partial charge in [-0.25, -0.2) is 0 Å². The van der Waals surface area contributed by atoms with E-state index in [1.54, 1.807) is 0 Å². The predicted octanol–water partition coefficient (Wildman–Crippen LogP) is 3.52. The standard InChI is InChI=1S/C12H16O2S/c1-9-3-2-4-10(5-9)14-11-6-12(7-13)15-8-11/h6-10H,2-5H2,1H3. The van der Waals surface area contributed by atoms with Crippen LogP contribution in [0.4, 0.5) is 0 Å². The number of ether oxygens (including phenoxy) is 1. The van der Waals surface area contributed by atoms with Crippen LogP contribution in [0.2, 0.25) is 0 Å². The van der Waals surface area contributed by atoms with Crippen LogP contribution >= 0.6 is 11.3 Å². The van der Waals surface area contributed by atoms with E-state index >= 15 is 0 Å². The first-order valence-electron chi connectivity index (χ1n) is 5.48. The second-order valence-electron chi connectivity index (χ2n) is 4.31. The van der Waals surface area contributed by atoms with Crippen molar-refractivity contribution in [1.29, 1.82) is 0 Å². The number of thiophene rings is 1. The van der Waals surface area contributed by atoms with E-state index in [4.69, 9.17) is 4.74 Å². The highest BCUT2D eigenvalue weighted by atomic mass is 32.1. The Hall–Kier alpha value is -0.830. The zero-order valence-electron chi connectivity index (χ0n) is 8.94. The van der Waals surface area contributed by atoms with Crippen LogP contribution in [0.25, 0.3) is 0 Å². The zero-order valence-corrected chi connectivity index (χ0v) is 9.76. The quantitative estimate of drug-likeness (QED) is 0.734. The summed E-state index contributed by atoms with van der Waals surface area (Å²) in [6, 6.07) is 1.83. The SMILES string of the molecule is CC1CCCC(Oc2csc(C=O)c2)C1. The third kappa shape index (κ3) is 2.81. The molecular formula is C12H16O2S. The number of carbonyl (C=O) groups excluding carboxylic acids is 1. The summed E-state index contributed by atoms with van der Waals surface area (Å²) in [5, 5.41) is 1.92. The summed E-state index contributed by atoms with van der Waals surface area (Å²) >= 11 is 1.45. The summed E-state index contributed by atoms with van der Waals surface area (Å²) in [5.74, 6) is 1.63. The van der Waals surface area contributed by atoms with Gasteiger partial charge in [0, 0.05) is 11.4 Å². The van der Waals surface area contributed by atoms with Crippen molar-refractivity contribution in [3.63, 3.8) is 0 Å². The molecule has 0 aromatic carbocycles. The molecule has 1 aromatic heterocycles. The average molecular weight is 224 g/mol. The highest BCUT2D eigenvalue weighted by Gasteiger charge is 2.20. The molecule has 2 atom stereocenters. The molecule has 1 aromatic rings. The molecule has 82 valence electrons. The summed E-state index contributed by atoms with van der Waals surface area (Å²) in [7, 11) is 0. The highest BCUT2D eigenvalue weighted by molar-refractivity contribution is 7.11. The van der Waals surface area contributed by atoms with Crippen LogP contribution in [0.5, 0.6) is 5.75 Å². The number of hydrogen-bond donors (Lipinski definition) is 0. The minimum Gasteiger partial charge on any atom is -0.490 e. The molecule has 2 rings (SSSR count). The van der Waals surface area contributed by atoms with Crippen molar-refractivity contribution in [2.45, 2.75) is 38.7 Å². The van der Waals surface area contributed by atoms with Gasteiger partial charge < -0.3 is 4.74 Å². The number of hydrogen-bond acceptors (Lipinski definition) is 3. The minimum absolute atomic E-state index is 0.350. The molecule has 2 unspecified atom stereocenters. The van der Waals surface area contributed by atoms with Crippen molar-refractivity contribution in [2.75, 3.05) is 0 Å². The highest BCUT2D eigenvalue weighted by Crippen LogP contribution is 2.29. The van der Waals surface area contributed by atoms with Gasteiger partial charge in [-0.15, -0.1) is 11.3 Å². The maximum Gasteiger partial charge on any atom is 0.160 e. The van der Waals surface area contributed by atoms with E-state index in [1.807, 2.05) is 11.4 Å². The normalized spacial score (nSPS) is 26.2. The van der Waals surface area contributed by atoms with Gasteiger partial charge in [0.2, 0.25) is 0 Å². The van der Waals surface area contributed by atoms with E-state index in [-0.39, 0.29) is 0 Å². The molecule has 1 saturated carbocycles. The molecule has 2 nitrogen and oxygen atoms in total. The number of carbonyl (C=O) groups is 1. The topological polar surface area (TPSA) is 26.3 Å². The minimum atomic E-state index is 0.350. The van der Waals surface area contributed by atoms with Crippen molar-refractivity contribution in [3.8, 4) is 5.75 Å². The Labute approximate surface area is 94.3 Å². The van der Waals surface area contributed by atoms with Gasteiger partial charge in [-0.2, -0.15) is 0 Å². The molecule has 3 heteroatoms. The van der Waals surface area contributed by atoms with Crippen molar-refractivity contribution in [2.24, 2.45) is 5.92 Å². The molecule has 0 aliphatic heterocycles. The largest absolute Gasteiger partial charge is 0.490 e. The van der Waals surface area contributed by atoms with Crippen LogP contribution in [0.3, 0.4) is 0 Å². The Bertz CT molecular complexity index is 332. The zero-order chi connectivity index (χ0) is 10.7. The van der Waals surface area contributed by atoms with Crippen LogP contribution < -0.4 is 4.74 Å². The van der Waals surface area contributed by atoms with Crippen molar-refractivity contribution < 1.29 is 9.53 Å². The van der Waals surface area contributed by atoms with E-state index in [0.29, 0.717) is 6.10 Å². The van der Waals surface area contributed by atoms with E-state index < -0.39 is 0 Å². The molecule has 15 heavy (non-hydrogen) atoms. The fourth-order valence-corrected chi connectivity index (χ4v) is 2.75. The van der Waals surface area contributed by atoms with E-state index in [0.717, 1.165) is 35.7 Å². The van der Waals surface area contributed by atoms with Crippen LogP contribution in [0.1, 0.15) is 42.3 Å². The summed E-state index contributed by atoms with van der Waals surface area (Å²) in [6.45, 7) is 2.28. The van der Waals surface area contributed by atoms with Gasteiger partial charge in [0.05, 0.1) is 11.0 Å². The molecule has 1 heterocycles. The van der Waals surface area contributed by atoms with E-state index in [1.165, 1.54) is 24.2 Å². The van der Waals surface area contributed by atoms with E-state index in [9.17, 15) is 4.79 Å². The van der Waals surface area contributed by atoms with Crippen molar-refractivity contribution >= 4 is 17.6 Å². The average Bonchev–Trinajstić information content (AvgIpc) is 2.65. The van der Waals surface area contributed by atoms with Gasteiger partial charge in [0.25, 0.3) is 0 Å². The first kappa shape index (κ1) is 10.7. The fraction of sp³-hybridized carbons (Fsp3) is 0.583.